The van der Waals surface area contributed by atoms with Gasteiger partial charge in [0.1, 0.15) is 0 Å². The molecular weight excluding hydrogens is 228 g/mol. The largest absolute Gasteiger partial charge is 0.316 e. The van der Waals surface area contributed by atoms with E-state index < -0.39 is 11.1 Å². The number of hydrogen-bond donors (Lipinski definition) is 0. The second kappa shape index (κ2) is 5.49. The zero-order chi connectivity index (χ0) is 13.0. The molecule has 0 aliphatic heterocycles. The van der Waals surface area contributed by atoms with Crippen LogP contribution in [0, 0.1) is 0 Å². The summed E-state index contributed by atoms with van der Waals surface area (Å²) in [6.07, 6.45) is 4.19. The Kier molecular flexibility index (Phi) is 3.77. The summed E-state index contributed by atoms with van der Waals surface area (Å²) in [5.74, 6) is 0. The molecule has 2 rings (SSSR count). The molecule has 0 fully saturated rings. The van der Waals surface area contributed by atoms with Gasteiger partial charge in [-0.3, -0.25) is 9.59 Å². The van der Waals surface area contributed by atoms with Crippen molar-refractivity contribution >= 4 is 0 Å². The van der Waals surface area contributed by atoms with E-state index in [1.165, 1.54) is 9.13 Å². The van der Waals surface area contributed by atoms with Crippen molar-refractivity contribution in [1.82, 2.24) is 9.13 Å². The van der Waals surface area contributed by atoms with Crippen molar-refractivity contribution in [2.24, 2.45) is 0 Å². The van der Waals surface area contributed by atoms with E-state index in [-0.39, 0.29) is 0 Å². The van der Waals surface area contributed by atoms with Gasteiger partial charge in [0.2, 0.25) is 0 Å². The second-order valence-electron chi connectivity index (χ2n) is 4.22. The maximum Gasteiger partial charge on any atom is 0.316 e. The van der Waals surface area contributed by atoms with Gasteiger partial charge in [-0.25, -0.2) is 0 Å². The third-order valence-electron chi connectivity index (χ3n) is 2.79. The van der Waals surface area contributed by atoms with Crippen LogP contribution in [0.15, 0.2) is 52.3 Å². The van der Waals surface area contributed by atoms with E-state index in [0.717, 1.165) is 12.0 Å². The van der Waals surface area contributed by atoms with Crippen LogP contribution in [0.1, 0.15) is 18.9 Å². The normalized spacial score (nSPS) is 10.5. The topological polar surface area (TPSA) is 44.0 Å². The molecule has 94 valence electrons. The lowest BCUT2D eigenvalue weighted by Gasteiger charge is -2.08. The molecule has 0 aliphatic carbocycles. The van der Waals surface area contributed by atoms with E-state index in [1.807, 2.05) is 37.3 Å². The van der Waals surface area contributed by atoms with Crippen molar-refractivity contribution in [2.45, 2.75) is 26.4 Å². The predicted molar refractivity (Wildman–Crippen MR) is 70.8 cm³/mol. The second-order valence-corrected chi connectivity index (χ2v) is 4.22. The average Bonchev–Trinajstić information content (AvgIpc) is 2.40. The highest BCUT2D eigenvalue weighted by atomic mass is 16.2. The molecule has 2 aromatic rings. The lowest BCUT2D eigenvalue weighted by Crippen LogP contribution is -2.40. The molecule has 1 heterocycles. The van der Waals surface area contributed by atoms with Gasteiger partial charge in [0.25, 0.3) is 0 Å². The zero-order valence-corrected chi connectivity index (χ0v) is 10.4. The number of rotatable bonds is 4. The molecule has 1 aromatic carbocycles. The number of nitrogens with zero attached hydrogens (tertiary/aromatic N) is 2. The summed E-state index contributed by atoms with van der Waals surface area (Å²) in [6, 6.07) is 9.62. The lowest BCUT2D eigenvalue weighted by atomic mass is 10.2. The molecule has 0 amide bonds. The maximum absolute atomic E-state index is 11.9. The van der Waals surface area contributed by atoms with Gasteiger partial charge < -0.3 is 9.13 Å². The average molecular weight is 244 g/mol. The quantitative estimate of drug-likeness (QED) is 0.764. The summed E-state index contributed by atoms with van der Waals surface area (Å²) >= 11 is 0. The van der Waals surface area contributed by atoms with E-state index >= 15 is 0 Å². The highest BCUT2D eigenvalue weighted by Crippen LogP contribution is 1.99. The number of aryl methyl sites for hydroxylation is 1. The van der Waals surface area contributed by atoms with Crippen LogP contribution in [0.25, 0.3) is 0 Å². The van der Waals surface area contributed by atoms with Crippen LogP contribution in [0.5, 0.6) is 0 Å². The van der Waals surface area contributed by atoms with E-state index in [0.29, 0.717) is 13.1 Å². The molecule has 4 heteroatoms. The Balaban J connectivity index is 2.34. The van der Waals surface area contributed by atoms with E-state index in [1.54, 1.807) is 12.4 Å². The summed E-state index contributed by atoms with van der Waals surface area (Å²) in [5.41, 5.74) is 0.0947. The van der Waals surface area contributed by atoms with Crippen LogP contribution in [-0.2, 0) is 13.1 Å². The molecule has 1 aromatic heterocycles. The highest BCUT2D eigenvalue weighted by molar-refractivity contribution is 5.15. The molecule has 0 radical (unpaired) electrons. The Hall–Kier alpha value is -2.10. The van der Waals surface area contributed by atoms with Crippen molar-refractivity contribution in [2.75, 3.05) is 0 Å². The van der Waals surface area contributed by atoms with Gasteiger partial charge in [0.05, 0.1) is 6.54 Å². The standard InChI is InChI=1S/C14H16N2O2/c1-2-8-15-9-10-16(14(18)13(15)17)11-12-6-4-3-5-7-12/h3-7,9-10H,2,8,11H2,1H3. The van der Waals surface area contributed by atoms with Gasteiger partial charge in [0, 0.05) is 18.9 Å². The minimum Gasteiger partial charge on any atom is -0.309 e. The van der Waals surface area contributed by atoms with Crippen molar-refractivity contribution in [3.8, 4) is 0 Å². The van der Waals surface area contributed by atoms with Crippen LogP contribution in [-0.4, -0.2) is 9.13 Å². The maximum atomic E-state index is 11.9. The summed E-state index contributed by atoms with van der Waals surface area (Å²) in [5, 5.41) is 0. The van der Waals surface area contributed by atoms with Crippen LogP contribution in [0.2, 0.25) is 0 Å². The lowest BCUT2D eigenvalue weighted by molar-refractivity contribution is 0.612. The molecule has 0 saturated heterocycles. The number of hydrogen-bond acceptors (Lipinski definition) is 2. The summed E-state index contributed by atoms with van der Waals surface area (Å²) < 4.78 is 2.91. The molecule has 0 unspecified atom stereocenters. The predicted octanol–water partition coefficient (Wildman–Crippen LogP) is 1.47. The van der Waals surface area contributed by atoms with Gasteiger partial charge in [-0.1, -0.05) is 37.3 Å². The third-order valence-corrected chi connectivity index (χ3v) is 2.79. The van der Waals surface area contributed by atoms with Gasteiger partial charge in [-0.2, -0.15) is 0 Å². The summed E-state index contributed by atoms with van der Waals surface area (Å²) in [4.78, 5) is 23.7. The van der Waals surface area contributed by atoms with Gasteiger partial charge in [0.15, 0.2) is 0 Å². The van der Waals surface area contributed by atoms with Gasteiger partial charge in [-0.05, 0) is 12.0 Å². The Morgan fingerprint density at radius 1 is 0.944 bits per heavy atom. The fourth-order valence-electron chi connectivity index (χ4n) is 1.86. The van der Waals surface area contributed by atoms with Crippen molar-refractivity contribution in [3.63, 3.8) is 0 Å². The fraction of sp³-hybridized carbons (Fsp3) is 0.286. The minimum absolute atomic E-state index is 0.432. The van der Waals surface area contributed by atoms with Crippen molar-refractivity contribution < 1.29 is 0 Å². The molecule has 4 nitrogen and oxygen atoms in total. The van der Waals surface area contributed by atoms with Gasteiger partial charge >= 0.3 is 11.1 Å². The number of benzene rings is 1. The zero-order valence-electron chi connectivity index (χ0n) is 10.4. The first kappa shape index (κ1) is 12.4. The smallest absolute Gasteiger partial charge is 0.309 e. The van der Waals surface area contributed by atoms with Crippen molar-refractivity contribution in [3.05, 3.63) is 69.0 Å². The van der Waals surface area contributed by atoms with Crippen LogP contribution in [0.4, 0.5) is 0 Å². The Morgan fingerprint density at radius 2 is 1.56 bits per heavy atom. The van der Waals surface area contributed by atoms with Crippen LogP contribution in [0.3, 0.4) is 0 Å². The third kappa shape index (κ3) is 2.59. The summed E-state index contributed by atoms with van der Waals surface area (Å²) in [7, 11) is 0. The van der Waals surface area contributed by atoms with E-state index in [9.17, 15) is 9.59 Å². The van der Waals surface area contributed by atoms with E-state index in [2.05, 4.69) is 0 Å². The van der Waals surface area contributed by atoms with Crippen LogP contribution >= 0.6 is 0 Å². The molecular formula is C14H16N2O2. The molecule has 0 saturated carbocycles. The Bertz CT molecular complexity index is 626. The molecule has 18 heavy (non-hydrogen) atoms. The molecule has 0 atom stereocenters. The summed E-state index contributed by atoms with van der Waals surface area (Å²) in [6.45, 7) is 2.99. The number of aromatic nitrogens is 2. The monoisotopic (exact) mass is 244 g/mol. The van der Waals surface area contributed by atoms with Gasteiger partial charge in [-0.15, -0.1) is 0 Å². The molecule has 0 bridgehead atoms. The SMILES string of the molecule is CCCn1ccn(Cc2ccccc2)c(=O)c1=O. The van der Waals surface area contributed by atoms with Crippen molar-refractivity contribution in [1.29, 1.82) is 0 Å². The van der Waals surface area contributed by atoms with Crippen LogP contribution < -0.4 is 11.1 Å². The molecule has 0 spiro atoms. The van der Waals surface area contributed by atoms with E-state index in [4.69, 9.17) is 0 Å². The highest BCUT2D eigenvalue weighted by Gasteiger charge is 2.04. The fourth-order valence-corrected chi connectivity index (χ4v) is 1.86. The molecule has 0 N–H and O–H groups in total. The first-order valence-corrected chi connectivity index (χ1v) is 6.06. The molecule has 0 aliphatic rings. The minimum atomic E-state index is -0.463. The Morgan fingerprint density at radius 3 is 2.22 bits per heavy atom. The first-order chi connectivity index (χ1) is 8.72. The first-order valence-electron chi connectivity index (χ1n) is 6.06. The Labute approximate surface area is 105 Å².